The van der Waals surface area contributed by atoms with Gasteiger partial charge < -0.3 is 10.1 Å². The van der Waals surface area contributed by atoms with Gasteiger partial charge in [0.25, 0.3) is 0 Å². The Morgan fingerprint density at radius 3 is 2.69 bits per heavy atom. The molecule has 1 aromatic carbocycles. The van der Waals surface area contributed by atoms with Crippen molar-refractivity contribution in [2.45, 2.75) is 6.54 Å². The minimum Gasteiger partial charge on any atom is -0.358 e. The standard InChI is InChI=1S/C10H8BrN3O2/c11-9-6-12-13(10(9)14(15)16)7-8-4-2-1-3-5-8/h1-6H,7H2. The Kier molecular flexibility index (Phi) is 3.00. The van der Waals surface area contributed by atoms with E-state index in [1.54, 1.807) is 0 Å². The summed E-state index contributed by atoms with van der Waals surface area (Å²) in [5, 5.41) is 14.8. The molecule has 1 heterocycles. The van der Waals surface area contributed by atoms with Crippen LogP contribution in [0.25, 0.3) is 0 Å². The Bertz CT molecular complexity index is 510. The number of nitrogens with zero attached hydrogens (tertiary/aromatic N) is 3. The van der Waals surface area contributed by atoms with E-state index in [0.717, 1.165) is 5.56 Å². The van der Waals surface area contributed by atoms with E-state index in [-0.39, 0.29) is 5.82 Å². The summed E-state index contributed by atoms with van der Waals surface area (Å²) >= 11 is 3.11. The minimum atomic E-state index is -0.444. The van der Waals surface area contributed by atoms with Crippen LogP contribution < -0.4 is 0 Å². The van der Waals surface area contributed by atoms with Gasteiger partial charge in [-0.25, -0.2) is 0 Å². The normalized spacial score (nSPS) is 10.3. The summed E-state index contributed by atoms with van der Waals surface area (Å²) in [7, 11) is 0. The van der Waals surface area contributed by atoms with Crippen molar-refractivity contribution in [2.24, 2.45) is 0 Å². The highest BCUT2D eigenvalue weighted by Gasteiger charge is 2.19. The maximum Gasteiger partial charge on any atom is 0.359 e. The fraction of sp³-hybridized carbons (Fsp3) is 0.100. The fourth-order valence-corrected chi connectivity index (χ4v) is 1.85. The van der Waals surface area contributed by atoms with Gasteiger partial charge in [-0.3, -0.25) is 0 Å². The van der Waals surface area contributed by atoms with Crippen molar-refractivity contribution in [3.63, 3.8) is 0 Å². The van der Waals surface area contributed by atoms with Crippen molar-refractivity contribution in [3.05, 3.63) is 56.7 Å². The quantitative estimate of drug-likeness (QED) is 0.642. The largest absolute Gasteiger partial charge is 0.359 e. The fourth-order valence-electron chi connectivity index (χ4n) is 1.41. The van der Waals surface area contributed by atoms with Crippen LogP contribution in [0.2, 0.25) is 0 Å². The number of rotatable bonds is 3. The van der Waals surface area contributed by atoms with Gasteiger partial charge in [0.1, 0.15) is 11.0 Å². The molecule has 0 atom stereocenters. The Morgan fingerprint density at radius 2 is 2.06 bits per heavy atom. The van der Waals surface area contributed by atoms with Crippen LogP contribution in [0.3, 0.4) is 0 Å². The van der Waals surface area contributed by atoms with Crippen molar-refractivity contribution >= 4 is 21.7 Å². The van der Waals surface area contributed by atoms with E-state index in [2.05, 4.69) is 21.0 Å². The number of halogens is 1. The summed E-state index contributed by atoms with van der Waals surface area (Å²) < 4.78 is 1.76. The van der Waals surface area contributed by atoms with Gasteiger partial charge in [-0.05, 0) is 26.4 Å². The highest BCUT2D eigenvalue weighted by Crippen LogP contribution is 2.24. The molecule has 2 aromatic rings. The van der Waals surface area contributed by atoms with E-state index < -0.39 is 4.92 Å². The van der Waals surface area contributed by atoms with Crippen LogP contribution in [0.1, 0.15) is 5.56 Å². The number of hydrogen-bond donors (Lipinski definition) is 0. The Hall–Kier alpha value is -1.69. The van der Waals surface area contributed by atoms with Gasteiger partial charge in [0, 0.05) is 0 Å². The molecule has 0 saturated carbocycles. The van der Waals surface area contributed by atoms with Crippen LogP contribution in [-0.4, -0.2) is 14.7 Å². The van der Waals surface area contributed by atoms with Crippen LogP contribution in [0, 0.1) is 10.1 Å². The van der Waals surface area contributed by atoms with E-state index >= 15 is 0 Å². The maximum atomic E-state index is 10.8. The van der Waals surface area contributed by atoms with Crippen LogP contribution in [-0.2, 0) is 6.54 Å². The first-order chi connectivity index (χ1) is 7.68. The molecule has 0 aliphatic heterocycles. The lowest BCUT2D eigenvalue weighted by Crippen LogP contribution is -2.05. The van der Waals surface area contributed by atoms with Crippen molar-refractivity contribution < 1.29 is 4.92 Å². The lowest BCUT2D eigenvalue weighted by molar-refractivity contribution is -0.393. The van der Waals surface area contributed by atoms with Crippen molar-refractivity contribution in [1.29, 1.82) is 0 Å². The molecule has 16 heavy (non-hydrogen) atoms. The molecule has 0 amide bonds. The third-order valence-corrected chi connectivity index (χ3v) is 2.68. The number of hydrogen-bond acceptors (Lipinski definition) is 3. The topological polar surface area (TPSA) is 61.0 Å². The second-order valence-electron chi connectivity index (χ2n) is 3.22. The first-order valence-electron chi connectivity index (χ1n) is 4.58. The zero-order valence-electron chi connectivity index (χ0n) is 8.21. The predicted molar refractivity (Wildman–Crippen MR) is 62.1 cm³/mol. The second kappa shape index (κ2) is 4.44. The number of nitro groups is 1. The molecule has 0 bridgehead atoms. The van der Waals surface area contributed by atoms with Gasteiger partial charge in [0.2, 0.25) is 0 Å². The second-order valence-corrected chi connectivity index (χ2v) is 4.07. The molecular formula is C10H8BrN3O2. The van der Waals surface area contributed by atoms with Crippen LogP contribution in [0.15, 0.2) is 41.0 Å². The van der Waals surface area contributed by atoms with Crippen molar-refractivity contribution in [2.75, 3.05) is 0 Å². The van der Waals surface area contributed by atoms with Crippen molar-refractivity contribution in [3.8, 4) is 0 Å². The zero-order valence-corrected chi connectivity index (χ0v) is 9.79. The molecule has 0 spiro atoms. The third kappa shape index (κ3) is 2.11. The molecule has 0 unspecified atom stereocenters. The highest BCUT2D eigenvalue weighted by molar-refractivity contribution is 9.10. The van der Waals surface area contributed by atoms with Gasteiger partial charge in [-0.2, -0.15) is 0 Å². The molecule has 0 fully saturated rings. The van der Waals surface area contributed by atoms with Crippen molar-refractivity contribution in [1.82, 2.24) is 9.78 Å². The van der Waals surface area contributed by atoms with Gasteiger partial charge >= 0.3 is 5.82 Å². The first-order valence-corrected chi connectivity index (χ1v) is 5.37. The lowest BCUT2D eigenvalue weighted by atomic mass is 10.2. The molecular weight excluding hydrogens is 274 g/mol. The van der Waals surface area contributed by atoms with Gasteiger partial charge in [0.05, 0.1) is 6.20 Å². The Morgan fingerprint density at radius 1 is 1.38 bits per heavy atom. The summed E-state index contributed by atoms with van der Waals surface area (Å²) in [5.41, 5.74) is 0.973. The summed E-state index contributed by atoms with van der Waals surface area (Å²) in [6.45, 7) is 0.392. The van der Waals surface area contributed by atoms with E-state index in [0.29, 0.717) is 11.0 Å². The molecule has 1 aromatic heterocycles. The number of benzene rings is 1. The van der Waals surface area contributed by atoms with E-state index in [1.165, 1.54) is 10.9 Å². The minimum absolute atomic E-state index is 0.0242. The first kappa shape index (κ1) is 10.8. The SMILES string of the molecule is O=[N+]([O-])c1c(Br)cnn1Cc1ccccc1. The monoisotopic (exact) mass is 281 g/mol. The zero-order chi connectivity index (χ0) is 11.5. The van der Waals surface area contributed by atoms with E-state index in [4.69, 9.17) is 0 Å². The summed E-state index contributed by atoms with van der Waals surface area (Å²) in [6, 6.07) is 9.48. The molecule has 0 aliphatic rings. The number of aromatic nitrogens is 2. The predicted octanol–water partition coefficient (Wildman–Crippen LogP) is 2.60. The summed E-state index contributed by atoms with van der Waals surface area (Å²) in [4.78, 5) is 10.4. The molecule has 0 saturated heterocycles. The lowest BCUT2D eigenvalue weighted by Gasteiger charge is -1.99. The molecule has 0 aliphatic carbocycles. The van der Waals surface area contributed by atoms with Gasteiger partial charge in [-0.1, -0.05) is 35.4 Å². The van der Waals surface area contributed by atoms with Crippen LogP contribution in [0.5, 0.6) is 0 Å². The molecule has 0 N–H and O–H groups in total. The average molecular weight is 282 g/mol. The van der Waals surface area contributed by atoms with E-state index in [1.807, 2.05) is 30.3 Å². The Labute approximate surface area is 100.0 Å². The molecule has 5 nitrogen and oxygen atoms in total. The molecule has 82 valence electrons. The average Bonchev–Trinajstić information content (AvgIpc) is 2.61. The molecule has 6 heteroatoms. The third-order valence-electron chi connectivity index (χ3n) is 2.12. The maximum absolute atomic E-state index is 10.8. The van der Waals surface area contributed by atoms with Gasteiger partial charge in [-0.15, -0.1) is 4.68 Å². The summed E-state index contributed by atoms with van der Waals surface area (Å²) in [5.74, 6) is -0.0242. The molecule has 0 radical (unpaired) electrons. The smallest absolute Gasteiger partial charge is 0.358 e. The van der Waals surface area contributed by atoms with Crippen LogP contribution >= 0.6 is 15.9 Å². The van der Waals surface area contributed by atoms with E-state index in [9.17, 15) is 10.1 Å². The molecule has 2 rings (SSSR count). The van der Waals surface area contributed by atoms with Crippen LogP contribution in [0.4, 0.5) is 5.82 Å². The summed E-state index contributed by atoms with van der Waals surface area (Å²) in [6.07, 6.45) is 1.43. The highest BCUT2D eigenvalue weighted by atomic mass is 79.9. The Balaban J connectivity index is 2.32. The van der Waals surface area contributed by atoms with Gasteiger partial charge in [0.15, 0.2) is 0 Å².